The van der Waals surface area contributed by atoms with Gasteiger partial charge in [-0.15, -0.1) is 0 Å². The Morgan fingerprint density at radius 2 is 1.87 bits per heavy atom. The molecule has 2 atom stereocenters. The standard InChI is InChI=1S/C23H27FN2O4/c1-16-12-26(17(2)11-25(16)13-18-7-9-20(24)10-8-18)22(28)15-30-23-19(14-27)5-4-6-21(23)29-3/h4-10,14,16-17H,11-13,15H2,1-3H3/t16-,17+/m1/s1. The van der Waals surface area contributed by atoms with Gasteiger partial charge in [-0.2, -0.15) is 0 Å². The highest BCUT2D eigenvalue weighted by molar-refractivity contribution is 5.82. The number of ether oxygens (including phenoxy) is 2. The first-order valence-corrected chi connectivity index (χ1v) is 9.96. The summed E-state index contributed by atoms with van der Waals surface area (Å²) >= 11 is 0. The summed E-state index contributed by atoms with van der Waals surface area (Å²) in [6.07, 6.45) is 0.682. The van der Waals surface area contributed by atoms with Crippen LogP contribution in [-0.2, 0) is 11.3 Å². The Labute approximate surface area is 176 Å². The summed E-state index contributed by atoms with van der Waals surface area (Å²) in [6, 6.07) is 11.7. The zero-order valence-electron chi connectivity index (χ0n) is 17.5. The van der Waals surface area contributed by atoms with Crippen LogP contribution in [0.4, 0.5) is 4.39 Å². The van der Waals surface area contributed by atoms with Crippen molar-refractivity contribution < 1.29 is 23.5 Å². The lowest BCUT2D eigenvalue weighted by Crippen LogP contribution is -2.58. The van der Waals surface area contributed by atoms with Crippen LogP contribution < -0.4 is 9.47 Å². The maximum Gasteiger partial charge on any atom is 0.260 e. The van der Waals surface area contributed by atoms with E-state index < -0.39 is 0 Å². The van der Waals surface area contributed by atoms with Crippen molar-refractivity contribution in [1.29, 1.82) is 0 Å². The third-order valence-corrected chi connectivity index (χ3v) is 5.43. The molecule has 1 fully saturated rings. The first-order chi connectivity index (χ1) is 14.4. The Hall–Kier alpha value is -2.93. The molecule has 0 bridgehead atoms. The molecule has 0 radical (unpaired) electrons. The van der Waals surface area contributed by atoms with Crippen molar-refractivity contribution in [2.24, 2.45) is 0 Å². The van der Waals surface area contributed by atoms with Gasteiger partial charge in [-0.1, -0.05) is 18.2 Å². The lowest BCUT2D eigenvalue weighted by atomic mass is 10.1. The van der Waals surface area contributed by atoms with Crippen LogP contribution in [0, 0.1) is 5.82 Å². The van der Waals surface area contributed by atoms with Crippen molar-refractivity contribution in [3.63, 3.8) is 0 Å². The van der Waals surface area contributed by atoms with E-state index in [9.17, 15) is 14.0 Å². The zero-order chi connectivity index (χ0) is 21.7. The van der Waals surface area contributed by atoms with Gasteiger partial charge in [0, 0.05) is 31.7 Å². The molecular formula is C23H27FN2O4. The molecule has 1 amide bonds. The van der Waals surface area contributed by atoms with Crippen molar-refractivity contribution in [2.75, 3.05) is 26.8 Å². The molecule has 7 heteroatoms. The molecule has 0 unspecified atom stereocenters. The van der Waals surface area contributed by atoms with Crippen molar-refractivity contribution in [1.82, 2.24) is 9.80 Å². The molecule has 30 heavy (non-hydrogen) atoms. The topological polar surface area (TPSA) is 59.1 Å². The number of amides is 1. The van der Waals surface area contributed by atoms with Gasteiger partial charge in [0.2, 0.25) is 0 Å². The largest absolute Gasteiger partial charge is 0.493 e. The fraction of sp³-hybridized carbons (Fsp3) is 0.391. The minimum Gasteiger partial charge on any atom is -0.493 e. The second kappa shape index (κ2) is 9.71. The van der Waals surface area contributed by atoms with E-state index >= 15 is 0 Å². The maximum absolute atomic E-state index is 13.1. The van der Waals surface area contributed by atoms with E-state index in [2.05, 4.69) is 11.8 Å². The molecule has 2 aromatic carbocycles. The monoisotopic (exact) mass is 414 g/mol. The van der Waals surface area contributed by atoms with Crippen LogP contribution in [0.5, 0.6) is 11.5 Å². The van der Waals surface area contributed by atoms with Gasteiger partial charge in [-0.25, -0.2) is 4.39 Å². The van der Waals surface area contributed by atoms with Crippen molar-refractivity contribution >= 4 is 12.2 Å². The number of aldehydes is 1. The van der Waals surface area contributed by atoms with E-state index in [-0.39, 0.29) is 36.2 Å². The van der Waals surface area contributed by atoms with E-state index in [4.69, 9.17) is 9.47 Å². The molecular weight excluding hydrogens is 387 g/mol. The maximum atomic E-state index is 13.1. The minimum atomic E-state index is -0.247. The van der Waals surface area contributed by atoms with Crippen LogP contribution in [0.1, 0.15) is 29.8 Å². The molecule has 1 aliphatic heterocycles. The van der Waals surface area contributed by atoms with Gasteiger partial charge < -0.3 is 14.4 Å². The summed E-state index contributed by atoms with van der Waals surface area (Å²) in [5.74, 6) is 0.304. The lowest BCUT2D eigenvalue weighted by molar-refractivity contribution is -0.139. The molecule has 1 saturated heterocycles. The lowest BCUT2D eigenvalue weighted by Gasteiger charge is -2.44. The predicted molar refractivity (Wildman–Crippen MR) is 111 cm³/mol. The predicted octanol–water partition coefficient (Wildman–Crippen LogP) is 3.15. The van der Waals surface area contributed by atoms with Crippen molar-refractivity contribution in [2.45, 2.75) is 32.5 Å². The highest BCUT2D eigenvalue weighted by Crippen LogP contribution is 2.30. The Balaban J connectivity index is 1.61. The molecule has 2 aromatic rings. The number of piperazine rings is 1. The zero-order valence-corrected chi connectivity index (χ0v) is 17.5. The first-order valence-electron chi connectivity index (χ1n) is 9.96. The average Bonchev–Trinajstić information content (AvgIpc) is 2.75. The number of carbonyl (C=O) groups excluding carboxylic acids is 2. The highest BCUT2D eigenvalue weighted by Gasteiger charge is 2.32. The molecule has 1 heterocycles. The van der Waals surface area contributed by atoms with Crippen LogP contribution in [0.25, 0.3) is 0 Å². The first kappa shape index (κ1) is 21.8. The Morgan fingerprint density at radius 3 is 2.53 bits per heavy atom. The number of halogens is 1. The van der Waals surface area contributed by atoms with Crippen LogP contribution in [0.15, 0.2) is 42.5 Å². The number of nitrogens with zero attached hydrogens (tertiary/aromatic N) is 2. The van der Waals surface area contributed by atoms with Crippen LogP contribution >= 0.6 is 0 Å². The van der Waals surface area contributed by atoms with E-state index in [1.165, 1.54) is 19.2 Å². The Kier molecular flexibility index (Phi) is 7.05. The highest BCUT2D eigenvalue weighted by atomic mass is 19.1. The molecule has 6 nitrogen and oxygen atoms in total. The Bertz CT molecular complexity index is 887. The van der Waals surface area contributed by atoms with Crippen LogP contribution in [0.2, 0.25) is 0 Å². The number of benzene rings is 2. The molecule has 0 spiro atoms. The summed E-state index contributed by atoms with van der Waals surface area (Å²) in [5.41, 5.74) is 1.38. The smallest absolute Gasteiger partial charge is 0.260 e. The fourth-order valence-corrected chi connectivity index (χ4v) is 3.75. The molecule has 0 N–H and O–H groups in total. The van der Waals surface area contributed by atoms with E-state index in [0.717, 1.165) is 5.56 Å². The second-order valence-corrected chi connectivity index (χ2v) is 7.59. The minimum absolute atomic E-state index is 0.000888. The number of para-hydroxylation sites is 1. The number of hydrogen-bond acceptors (Lipinski definition) is 5. The summed E-state index contributed by atoms with van der Waals surface area (Å²) in [5, 5.41) is 0. The number of methoxy groups -OCH3 is 1. The number of carbonyl (C=O) groups is 2. The van der Waals surface area contributed by atoms with Crippen LogP contribution in [0.3, 0.4) is 0 Å². The molecule has 3 rings (SSSR count). The summed E-state index contributed by atoms with van der Waals surface area (Å²) in [7, 11) is 1.49. The van der Waals surface area contributed by atoms with Crippen LogP contribution in [-0.4, -0.2) is 60.9 Å². The van der Waals surface area contributed by atoms with E-state index in [0.29, 0.717) is 37.2 Å². The average molecular weight is 414 g/mol. The Morgan fingerprint density at radius 1 is 1.13 bits per heavy atom. The van der Waals surface area contributed by atoms with Gasteiger partial charge in [-0.3, -0.25) is 14.5 Å². The second-order valence-electron chi connectivity index (χ2n) is 7.59. The third kappa shape index (κ3) is 4.97. The van der Waals surface area contributed by atoms with Gasteiger partial charge in [0.25, 0.3) is 5.91 Å². The summed E-state index contributed by atoms with van der Waals surface area (Å²) < 4.78 is 24.1. The number of rotatable bonds is 7. The quantitative estimate of drug-likeness (QED) is 0.652. The molecule has 160 valence electrons. The molecule has 1 aliphatic rings. The molecule has 0 saturated carbocycles. The molecule has 0 aromatic heterocycles. The van der Waals surface area contributed by atoms with Gasteiger partial charge in [-0.05, 0) is 43.7 Å². The van der Waals surface area contributed by atoms with Gasteiger partial charge in [0.15, 0.2) is 24.4 Å². The van der Waals surface area contributed by atoms with Gasteiger partial charge in [0.05, 0.1) is 12.7 Å². The summed E-state index contributed by atoms with van der Waals surface area (Å²) in [4.78, 5) is 28.2. The third-order valence-electron chi connectivity index (χ3n) is 5.43. The summed E-state index contributed by atoms with van der Waals surface area (Å²) in [6.45, 7) is 5.88. The molecule has 0 aliphatic carbocycles. The van der Waals surface area contributed by atoms with Gasteiger partial charge >= 0.3 is 0 Å². The fourth-order valence-electron chi connectivity index (χ4n) is 3.75. The van der Waals surface area contributed by atoms with Gasteiger partial charge in [0.1, 0.15) is 5.82 Å². The van der Waals surface area contributed by atoms with E-state index in [1.807, 2.05) is 11.8 Å². The van der Waals surface area contributed by atoms with Crippen molar-refractivity contribution in [3.8, 4) is 11.5 Å². The van der Waals surface area contributed by atoms with E-state index in [1.54, 1.807) is 30.3 Å². The number of hydrogen-bond donors (Lipinski definition) is 0. The normalized spacial score (nSPS) is 19.4. The van der Waals surface area contributed by atoms with Crippen molar-refractivity contribution in [3.05, 3.63) is 59.4 Å². The SMILES string of the molecule is COc1cccc(C=O)c1OCC(=O)N1C[C@@H](C)N(Cc2ccc(F)cc2)C[C@@H]1C.